The van der Waals surface area contributed by atoms with Gasteiger partial charge >= 0.3 is 0 Å². The Balaban J connectivity index is 1.80. The Bertz CT molecular complexity index is 802. The minimum Gasteiger partial charge on any atom is -0.343 e. The molecule has 106 valence electrons. The maximum atomic E-state index is 12.2. The van der Waals surface area contributed by atoms with Gasteiger partial charge in [-0.2, -0.15) is 0 Å². The number of carbonyl (C=O) groups excluding carboxylic acids is 1. The van der Waals surface area contributed by atoms with E-state index < -0.39 is 0 Å². The van der Waals surface area contributed by atoms with Crippen LogP contribution in [-0.2, 0) is 0 Å². The van der Waals surface area contributed by atoms with Crippen molar-refractivity contribution >= 4 is 39.9 Å². The molecule has 2 aromatic heterocycles. The molecule has 21 heavy (non-hydrogen) atoms. The maximum Gasteiger partial charge on any atom is 0.272 e. The zero-order valence-corrected chi connectivity index (χ0v) is 12.8. The van der Waals surface area contributed by atoms with Gasteiger partial charge in [0.05, 0.1) is 27.6 Å². The average molecular weight is 318 g/mol. The smallest absolute Gasteiger partial charge is 0.272 e. The second-order valence-electron chi connectivity index (χ2n) is 4.58. The number of nitrogens with one attached hydrogen (secondary N) is 1. The lowest BCUT2D eigenvalue weighted by atomic mass is 10.2. The van der Waals surface area contributed by atoms with Crippen molar-refractivity contribution in [2.45, 2.75) is 13.0 Å². The molecule has 1 unspecified atom stereocenters. The fourth-order valence-corrected chi connectivity index (χ4v) is 3.03. The number of benzene rings is 1. The molecule has 0 saturated carbocycles. The van der Waals surface area contributed by atoms with Crippen LogP contribution in [-0.4, -0.2) is 15.9 Å². The van der Waals surface area contributed by atoms with Crippen molar-refractivity contribution in [1.29, 1.82) is 0 Å². The molecule has 2 heterocycles. The van der Waals surface area contributed by atoms with Crippen LogP contribution in [0.1, 0.15) is 28.3 Å². The summed E-state index contributed by atoms with van der Waals surface area (Å²) < 4.78 is 0.705. The molecular weight excluding hydrogens is 306 g/mol. The van der Waals surface area contributed by atoms with E-state index in [0.717, 1.165) is 10.4 Å². The summed E-state index contributed by atoms with van der Waals surface area (Å²) in [5, 5.41) is 2.90. The Morgan fingerprint density at radius 2 is 2.00 bits per heavy atom. The molecule has 6 heteroatoms. The van der Waals surface area contributed by atoms with Crippen LogP contribution in [0.3, 0.4) is 0 Å². The van der Waals surface area contributed by atoms with Crippen molar-refractivity contribution in [3.8, 4) is 0 Å². The zero-order chi connectivity index (χ0) is 14.8. The van der Waals surface area contributed by atoms with Gasteiger partial charge in [0.25, 0.3) is 5.91 Å². The van der Waals surface area contributed by atoms with Gasteiger partial charge in [-0.25, -0.2) is 4.98 Å². The Hall–Kier alpha value is -1.98. The van der Waals surface area contributed by atoms with Crippen molar-refractivity contribution in [3.63, 3.8) is 0 Å². The summed E-state index contributed by atoms with van der Waals surface area (Å²) in [5.41, 5.74) is 1.78. The molecule has 3 aromatic rings. The first-order valence-electron chi connectivity index (χ1n) is 6.41. The summed E-state index contributed by atoms with van der Waals surface area (Å²) in [4.78, 5) is 21.8. The van der Waals surface area contributed by atoms with Crippen LogP contribution in [0.5, 0.6) is 0 Å². The standard InChI is InChI=1S/C15H12ClN3OS/c1-9(13-6-7-14(16)21-13)18-15(20)12-8-17-10-4-2-3-5-11(10)19-12/h2-9H,1H3,(H,18,20). The number of thiophene rings is 1. The highest BCUT2D eigenvalue weighted by atomic mass is 35.5. The molecule has 1 amide bonds. The predicted molar refractivity (Wildman–Crippen MR) is 84.7 cm³/mol. The summed E-state index contributed by atoms with van der Waals surface area (Å²) in [6.07, 6.45) is 1.49. The molecule has 4 nitrogen and oxygen atoms in total. The molecule has 0 fully saturated rings. The molecule has 0 spiro atoms. The molecule has 0 saturated heterocycles. The first kappa shape index (κ1) is 14.0. The van der Waals surface area contributed by atoms with Crippen LogP contribution < -0.4 is 5.32 Å². The van der Waals surface area contributed by atoms with E-state index in [-0.39, 0.29) is 11.9 Å². The number of aromatic nitrogens is 2. The quantitative estimate of drug-likeness (QED) is 0.798. The van der Waals surface area contributed by atoms with Crippen LogP contribution in [0.15, 0.2) is 42.6 Å². The van der Waals surface area contributed by atoms with Crippen LogP contribution in [0.4, 0.5) is 0 Å². The fraction of sp³-hybridized carbons (Fsp3) is 0.133. The van der Waals surface area contributed by atoms with E-state index >= 15 is 0 Å². The van der Waals surface area contributed by atoms with Crippen LogP contribution in [0.2, 0.25) is 4.34 Å². The largest absolute Gasteiger partial charge is 0.343 e. The molecule has 1 aromatic carbocycles. The average Bonchev–Trinajstić information content (AvgIpc) is 2.93. The van der Waals surface area contributed by atoms with Gasteiger partial charge in [-0.15, -0.1) is 11.3 Å². The van der Waals surface area contributed by atoms with Crippen LogP contribution in [0, 0.1) is 0 Å². The van der Waals surface area contributed by atoms with Gasteiger partial charge in [0.1, 0.15) is 5.69 Å². The molecule has 3 rings (SSSR count). The highest BCUT2D eigenvalue weighted by Crippen LogP contribution is 2.26. The van der Waals surface area contributed by atoms with E-state index in [4.69, 9.17) is 11.6 Å². The third-order valence-electron chi connectivity index (χ3n) is 3.05. The number of para-hydroxylation sites is 2. The van der Waals surface area contributed by atoms with Gasteiger partial charge in [0.15, 0.2) is 0 Å². The van der Waals surface area contributed by atoms with E-state index in [1.807, 2.05) is 43.3 Å². The van der Waals surface area contributed by atoms with Crippen LogP contribution >= 0.6 is 22.9 Å². The third kappa shape index (κ3) is 3.04. The number of hydrogen-bond acceptors (Lipinski definition) is 4. The van der Waals surface area contributed by atoms with Crippen molar-refractivity contribution in [2.75, 3.05) is 0 Å². The van der Waals surface area contributed by atoms with E-state index in [0.29, 0.717) is 15.5 Å². The van der Waals surface area contributed by atoms with Gasteiger partial charge in [-0.3, -0.25) is 9.78 Å². The van der Waals surface area contributed by atoms with Gasteiger partial charge in [0, 0.05) is 4.88 Å². The summed E-state index contributed by atoms with van der Waals surface area (Å²) in [7, 11) is 0. The van der Waals surface area contributed by atoms with E-state index in [2.05, 4.69) is 15.3 Å². The van der Waals surface area contributed by atoms with Crippen molar-refractivity contribution in [3.05, 3.63) is 57.5 Å². The number of carbonyl (C=O) groups is 1. The molecule has 0 radical (unpaired) electrons. The predicted octanol–water partition coefficient (Wildman–Crippen LogP) is 3.84. The number of rotatable bonds is 3. The second kappa shape index (κ2) is 5.79. The monoisotopic (exact) mass is 317 g/mol. The summed E-state index contributed by atoms with van der Waals surface area (Å²) in [6, 6.07) is 11.1. The van der Waals surface area contributed by atoms with Gasteiger partial charge in [-0.1, -0.05) is 23.7 Å². The zero-order valence-electron chi connectivity index (χ0n) is 11.2. The fourth-order valence-electron chi connectivity index (χ4n) is 1.97. The first-order valence-corrected chi connectivity index (χ1v) is 7.61. The molecule has 0 aliphatic heterocycles. The SMILES string of the molecule is CC(NC(=O)c1cnc2ccccc2n1)c1ccc(Cl)s1. The number of fused-ring (bicyclic) bond motifs is 1. The van der Waals surface area contributed by atoms with E-state index in [1.165, 1.54) is 17.5 Å². The summed E-state index contributed by atoms with van der Waals surface area (Å²) in [6.45, 7) is 1.91. The lowest BCUT2D eigenvalue weighted by Gasteiger charge is -2.11. The number of amides is 1. The molecular formula is C15H12ClN3OS. The maximum absolute atomic E-state index is 12.2. The Morgan fingerprint density at radius 1 is 1.24 bits per heavy atom. The van der Waals surface area contributed by atoms with E-state index in [1.54, 1.807) is 0 Å². The van der Waals surface area contributed by atoms with Gasteiger partial charge in [-0.05, 0) is 31.2 Å². The topological polar surface area (TPSA) is 54.9 Å². The highest BCUT2D eigenvalue weighted by molar-refractivity contribution is 7.16. The molecule has 0 bridgehead atoms. The second-order valence-corrected chi connectivity index (χ2v) is 6.33. The summed E-state index contributed by atoms with van der Waals surface area (Å²) in [5.74, 6) is -0.245. The lowest BCUT2D eigenvalue weighted by Crippen LogP contribution is -2.27. The minimum atomic E-state index is -0.245. The van der Waals surface area contributed by atoms with Crippen LogP contribution in [0.25, 0.3) is 11.0 Å². The van der Waals surface area contributed by atoms with Gasteiger partial charge < -0.3 is 5.32 Å². The molecule has 1 atom stereocenters. The Morgan fingerprint density at radius 3 is 2.71 bits per heavy atom. The van der Waals surface area contributed by atoms with Crippen molar-refractivity contribution < 1.29 is 4.79 Å². The third-order valence-corrected chi connectivity index (χ3v) is 4.46. The Labute approximate surface area is 130 Å². The summed E-state index contributed by atoms with van der Waals surface area (Å²) >= 11 is 7.36. The first-order chi connectivity index (χ1) is 10.1. The molecule has 1 N–H and O–H groups in total. The lowest BCUT2D eigenvalue weighted by molar-refractivity contribution is 0.0935. The molecule has 0 aliphatic carbocycles. The normalized spacial score (nSPS) is 12.3. The Kier molecular flexibility index (Phi) is 3.86. The minimum absolute atomic E-state index is 0.122. The number of nitrogens with zero attached hydrogens (tertiary/aromatic N) is 2. The van der Waals surface area contributed by atoms with E-state index in [9.17, 15) is 4.79 Å². The van der Waals surface area contributed by atoms with Crippen molar-refractivity contribution in [1.82, 2.24) is 15.3 Å². The van der Waals surface area contributed by atoms with Gasteiger partial charge in [0.2, 0.25) is 0 Å². The molecule has 0 aliphatic rings. The number of halogens is 1. The van der Waals surface area contributed by atoms with Crippen molar-refractivity contribution in [2.24, 2.45) is 0 Å². The highest BCUT2D eigenvalue weighted by Gasteiger charge is 2.14. The number of hydrogen-bond donors (Lipinski definition) is 1.